The molecule has 0 saturated heterocycles. The largest absolute Gasteiger partial charge is 0.497 e. The smallest absolute Gasteiger partial charge is 0.243 e. The van der Waals surface area contributed by atoms with Gasteiger partial charge in [-0.3, -0.25) is 4.79 Å². The second-order valence-electron chi connectivity index (χ2n) is 5.83. The van der Waals surface area contributed by atoms with Crippen molar-refractivity contribution in [1.29, 1.82) is 0 Å². The van der Waals surface area contributed by atoms with Gasteiger partial charge in [0.15, 0.2) is 9.84 Å². The third-order valence-electron chi connectivity index (χ3n) is 3.68. The Labute approximate surface area is 154 Å². The van der Waals surface area contributed by atoms with E-state index < -0.39 is 9.84 Å². The van der Waals surface area contributed by atoms with E-state index in [2.05, 4.69) is 5.32 Å². The first-order valence-electron chi connectivity index (χ1n) is 8.33. The van der Waals surface area contributed by atoms with Gasteiger partial charge in [-0.15, -0.1) is 0 Å². The molecule has 2 aromatic carbocycles. The maximum Gasteiger partial charge on any atom is 0.243 e. The molecule has 2 aromatic rings. The molecule has 0 atom stereocenters. The lowest BCUT2D eigenvalue weighted by atomic mass is 10.2. The Balaban J connectivity index is 1.73. The third-order valence-corrected chi connectivity index (χ3v) is 5.37. The summed E-state index contributed by atoms with van der Waals surface area (Å²) in [6, 6.07) is 16.4. The van der Waals surface area contributed by atoms with Crippen molar-refractivity contribution in [2.75, 3.05) is 19.4 Å². The summed E-state index contributed by atoms with van der Waals surface area (Å²) in [5, 5.41) is 2.70. The Kier molecular flexibility index (Phi) is 7.41. The van der Waals surface area contributed by atoms with Gasteiger partial charge in [-0.2, -0.15) is 0 Å². The monoisotopic (exact) mass is 373 g/mol. The quantitative estimate of drug-likeness (QED) is 0.542. The molecule has 5 nitrogen and oxygen atoms in total. The van der Waals surface area contributed by atoms with Gasteiger partial charge in [-0.05, 0) is 35.8 Å². The summed E-state index contributed by atoms with van der Waals surface area (Å²) >= 11 is 0. The van der Waals surface area contributed by atoms with Gasteiger partial charge in [-0.1, -0.05) is 42.5 Å². The van der Waals surface area contributed by atoms with Crippen LogP contribution >= 0.6 is 0 Å². The minimum atomic E-state index is -3.18. The molecule has 1 amide bonds. The first-order chi connectivity index (χ1) is 12.5. The summed E-state index contributed by atoms with van der Waals surface area (Å²) in [6.45, 7) is 0.315. The van der Waals surface area contributed by atoms with Gasteiger partial charge in [0.25, 0.3) is 0 Å². The Hall–Kier alpha value is -2.60. The van der Waals surface area contributed by atoms with E-state index in [9.17, 15) is 13.2 Å². The minimum Gasteiger partial charge on any atom is -0.497 e. The van der Waals surface area contributed by atoms with Crippen LogP contribution in [0.25, 0.3) is 6.08 Å². The molecular formula is C20H23NO4S. The average molecular weight is 373 g/mol. The van der Waals surface area contributed by atoms with Crippen LogP contribution in [0.3, 0.4) is 0 Å². The summed E-state index contributed by atoms with van der Waals surface area (Å²) in [7, 11) is -1.59. The van der Waals surface area contributed by atoms with Crippen LogP contribution < -0.4 is 10.1 Å². The number of hydrogen-bond acceptors (Lipinski definition) is 4. The lowest BCUT2D eigenvalue weighted by molar-refractivity contribution is -0.116. The molecule has 1 N–H and O–H groups in total. The van der Waals surface area contributed by atoms with Crippen LogP contribution in [0.4, 0.5) is 0 Å². The van der Waals surface area contributed by atoms with Crippen LogP contribution in [0, 0.1) is 0 Å². The molecule has 0 bridgehead atoms. The lowest BCUT2D eigenvalue weighted by Gasteiger charge is -2.05. The molecule has 2 rings (SSSR count). The highest BCUT2D eigenvalue weighted by atomic mass is 32.2. The highest BCUT2D eigenvalue weighted by Crippen LogP contribution is 2.13. The number of rotatable bonds is 9. The highest BCUT2D eigenvalue weighted by molar-refractivity contribution is 7.90. The maximum atomic E-state index is 12.1. The van der Waals surface area contributed by atoms with Gasteiger partial charge < -0.3 is 10.1 Å². The molecular weight excluding hydrogens is 350 g/mol. The first kappa shape index (κ1) is 19.7. The molecule has 6 heteroatoms. The van der Waals surface area contributed by atoms with Crippen LogP contribution in [-0.2, 0) is 20.4 Å². The van der Waals surface area contributed by atoms with Gasteiger partial charge in [0.05, 0.1) is 18.6 Å². The van der Waals surface area contributed by atoms with Gasteiger partial charge in [-0.25, -0.2) is 8.42 Å². The summed E-state index contributed by atoms with van der Waals surface area (Å²) in [5.41, 5.74) is 1.63. The molecule has 26 heavy (non-hydrogen) atoms. The number of methoxy groups -OCH3 is 1. The van der Waals surface area contributed by atoms with E-state index in [1.165, 1.54) is 6.08 Å². The first-order valence-corrected chi connectivity index (χ1v) is 10.1. The number of sulfone groups is 1. The molecule has 0 aromatic heterocycles. The maximum absolute atomic E-state index is 12.1. The van der Waals surface area contributed by atoms with E-state index in [0.717, 1.165) is 16.9 Å². The molecule has 0 fully saturated rings. The number of amides is 1. The van der Waals surface area contributed by atoms with Gasteiger partial charge in [0, 0.05) is 12.6 Å². The van der Waals surface area contributed by atoms with Crippen molar-refractivity contribution in [3.05, 3.63) is 71.8 Å². The van der Waals surface area contributed by atoms with Crippen LogP contribution in [0.5, 0.6) is 5.75 Å². The lowest BCUT2D eigenvalue weighted by Crippen LogP contribution is -2.24. The fourth-order valence-corrected chi connectivity index (χ4v) is 3.81. The van der Waals surface area contributed by atoms with Crippen molar-refractivity contribution in [3.8, 4) is 5.75 Å². The number of hydrogen-bond donors (Lipinski definition) is 1. The molecule has 0 saturated carbocycles. The SMILES string of the molecule is COc1cccc(C=CC(=O)NCCCS(=O)(=O)Cc2ccccc2)c1. The molecule has 0 aliphatic rings. The van der Waals surface area contributed by atoms with Crippen molar-refractivity contribution in [2.24, 2.45) is 0 Å². The van der Waals surface area contributed by atoms with Crippen LogP contribution in [0.1, 0.15) is 17.5 Å². The zero-order valence-corrected chi connectivity index (χ0v) is 15.5. The number of benzene rings is 2. The highest BCUT2D eigenvalue weighted by Gasteiger charge is 2.11. The van der Waals surface area contributed by atoms with E-state index >= 15 is 0 Å². The Morgan fingerprint density at radius 1 is 1.12 bits per heavy atom. The van der Waals surface area contributed by atoms with Gasteiger partial charge >= 0.3 is 0 Å². The van der Waals surface area contributed by atoms with Crippen LogP contribution in [0.2, 0.25) is 0 Å². The molecule has 0 aliphatic heterocycles. The summed E-state index contributed by atoms with van der Waals surface area (Å²) < 4.78 is 29.3. The normalized spacial score (nSPS) is 11.4. The number of carbonyl (C=O) groups is 1. The second-order valence-corrected chi connectivity index (χ2v) is 8.02. The molecule has 0 aliphatic carbocycles. The van der Waals surface area contributed by atoms with Crippen molar-refractivity contribution >= 4 is 21.8 Å². The van der Waals surface area contributed by atoms with Crippen LogP contribution in [0.15, 0.2) is 60.7 Å². The summed E-state index contributed by atoms with van der Waals surface area (Å²) in [4.78, 5) is 11.8. The fourth-order valence-electron chi connectivity index (χ4n) is 2.38. The zero-order chi connectivity index (χ0) is 18.8. The Bertz CT molecular complexity index is 845. The van der Waals surface area contributed by atoms with Gasteiger partial charge in [0.1, 0.15) is 5.75 Å². The van der Waals surface area contributed by atoms with Crippen molar-refractivity contribution in [3.63, 3.8) is 0 Å². The molecule has 138 valence electrons. The van der Waals surface area contributed by atoms with Crippen molar-refractivity contribution < 1.29 is 17.9 Å². The van der Waals surface area contributed by atoms with E-state index in [1.54, 1.807) is 25.3 Å². The second kappa shape index (κ2) is 9.77. The number of carbonyl (C=O) groups excluding carboxylic acids is 1. The summed E-state index contributed by atoms with van der Waals surface area (Å²) in [6.07, 6.45) is 3.49. The van der Waals surface area contributed by atoms with E-state index in [1.807, 2.05) is 42.5 Å². The predicted octanol–water partition coefficient (Wildman–Crippen LogP) is 2.83. The van der Waals surface area contributed by atoms with Crippen molar-refractivity contribution in [1.82, 2.24) is 5.32 Å². The fraction of sp³-hybridized carbons (Fsp3) is 0.250. The van der Waals surface area contributed by atoms with Crippen LogP contribution in [-0.4, -0.2) is 33.7 Å². The topological polar surface area (TPSA) is 72.5 Å². The molecule has 0 radical (unpaired) electrons. The van der Waals surface area contributed by atoms with E-state index in [-0.39, 0.29) is 17.4 Å². The van der Waals surface area contributed by atoms with E-state index in [4.69, 9.17) is 4.74 Å². The molecule has 0 heterocycles. The van der Waals surface area contributed by atoms with E-state index in [0.29, 0.717) is 13.0 Å². The number of nitrogens with one attached hydrogen (secondary N) is 1. The van der Waals surface area contributed by atoms with Gasteiger partial charge in [0.2, 0.25) is 5.91 Å². The predicted molar refractivity (Wildman–Crippen MR) is 104 cm³/mol. The average Bonchev–Trinajstić information content (AvgIpc) is 2.64. The third kappa shape index (κ3) is 7.11. The Morgan fingerprint density at radius 3 is 2.62 bits per heavy atom. The van der Waals surface area contributed by atoms with Crippen molar-refractivity contribution in [2.45, 2.75) is 12.2 Å². The number of ether oxygens (including phenoxy) is 1. The molecule has 0 unspecified atom stereocenters. The molecule has 0 spiro atoms. The Morgan fingerprint density at radius 2 is 1.88 bits per heavy atom. The standard InChI is InChI=1S/C20H23NO4S/c1-25-19-10-5-9-17(15-19)11-12-20(22)21-13-6-14-26(23,24)16-18-7-3-2-4-8-18/h2-5,7-12,15H,6,13-14,16H2,1H3,(H,21,22). The minimum absolute atomic E-state index is 0.0253. The zero-order valence-electron chi connectivity index (χ0n) is 14.7. The summed E-state index contributed by atoms with van der Waals surface area (Å²) in [5.74, 6) is 0.531.